The van der Waals surface area contributed by atoms with E-state index in [0.717, 1.165) is 5.56 Å². The first kappa shape index (κ1) is 24.4. The predicted octanol–water partition coefficient (Wildman–Crippen LogP) is 3.71. The highest BCUT2D eigenvalue weighted by molar-refractivity contribution is 5.91. The largest absolute Gasteiger partial charge is 0.484 e. The van der Waals surface area contributed by atoms with Gasteiger partial charge in [-0.25, -0.2) is 4.98 Å². The number of alkyl halides is 3. The molecule has 0 atom stereocenters. The van der Waals surface area contributed by atoms with Crippen LogP contribution in [0.4, 0.5) is 13.2 Å². The van der Waals surface area contributed by atoms with Crippen LogP contribution in [0.1, 0.15) is 48.1 Å². The highest BCUT2D eigenvalue weighted by Gasteiger charge is 2.28. The number of halogens is 3. The third-order valence-electron chi connectivity index (χ3n) is 3.07. The van der Waals surface area contributed by atoms with Gasteiger partial charge < -0.3 is 15.8 Å². The fourth-order valence-electron chi connectivity index (χ4n) is 1.99. The molecule has 1 amide bonds. The van der Waals surface area contributed by atoms with Gasteiger partial charge in [-0.15, -0.1) is 0 Å². The molecular formula is C20H27F3N4O2. The Morgan fingerprint density at radius 3 is 2.31 bits per heavy atom. The molecule has 9 heteroatoms. The predicted molar refractivity (Wildman–Crippen MR) is 105 cm³/mol. The first-order valence-electron chi connectivity index (χ1n) is 8.89. The Morgan fingerprint density at radius 1 is 1.17 bits per heavy atom. The van der Waals surface area contributed by atoms with Gasteiger partial charge in [0, 0.05) is 18.3 Å². The van der Waals surface area contributed by atoms with E-state index in [0.29, 0.717) is 11.3 Å². The van der Waals surface area contributed by atoms with E-state index in [-0.39, 0.29) is 29.4 Å². The van der Waals surface area contributed by atoms with E-state index >= 15 is 0 Å². The summed E-state index contributed by atoms with van der Waals surface area (Å²) in [5.74, 6) is -0.215. The van der Waals surface area contributed by atoms with Gasteiger partial charge in [0.25, 0.3) is 5.91 Å². The molecule has 1 aromatic heterocycles. The summed E-state index contributed by atoms with van der Waals surface area (Å²) in [5, 5.41) is 2.68. The maximum absolute atomic E-state index is 12.2. The molecular weight excluding hydrogens is 385 g/mol. The standard InChI is InChI=1S/C16H16F3N3O2.C4H11N/c1-10-5-12(3-4-14(10)24-9-16(17,18)19)7-21-15(23)13-8-20-6-11(2)22-13;1-4(2,3)5/h3-6,8H,7,9H2,1-2H3,(H,21,23);5H2,1-3H3. The van der Waals surface area contributed by atoms with Crippen molar-refractivity contribution in [3.63, 3.8) is 0 Å². The second-order valence-corrected chi connectivity index (χ2v) is 7.60. The van der Waals surface area contributed by atoms with E-state index in [4.69, 9.17) is 10.5 Å². The molecule has 1 aromatic carbocycles. The fourth-order valence-corrected chi connectivity index (χ4v) is 1.99. The number of rotatable bonds is 5. The average Bonchev–Trinajstić information content (AvgIpc) is 2.56. The Hall–Kier alpha value is -2.68. The lowest BCUT2D eigenvalue weighted by Crippen LogP contribution is -2.26. The number of hydrogen-bond acceptors (Lipinski definition) is 5. The molecule has 0 saturated carbocycles. The molecule has 2 rings (SSSR count). The van der Waals surface area contributed by atoms with Crippen LogP contribution in [-0.4, -0.2) is 34.2 Å². The van der Waals surface area contributed by atoms with E-state index in [9.17, 15) is 18.0 Å². The molecule has 0 aliphatic carbocycles. The second-order valence-electron chi connectivity index (χ2n) is 7.60. The molecule has 0 aliphatic rings. The number of amides is 1. The average molecular weight is 412 g/mol. The van der Waals surface area contributed by atoms with Crippen molar-refractivity contribution in [2.75, 3.05) is 6.61 Å². The Labute approximate surface area is 168 Å². The molecule has 6 nitrogen and oxygen atoms in total. The normalized spacial score (nSPS) is 11.3. The van der Waals surface area contributed by atoms with Crippen molar-refractivity contribution in [1.82, 2.24) is 15.3 Å². The smallest absolute Gasteiger partial charge is 0.422 e. The topological polar surface area (TPSA) is 90.1 Å². The van der Waals surface area contributed by atoms with E-state index in [1.807, 2.05) is 20.8 Å². The molecule has 0 unspecified atom stereocenters. The van der Waals surface area contributed by atoms with Crippen molar-refractivity contribution in [2.45, 2.75) is 52.9 Å². The minimum absolute atomic E-state index is 0. The molecule has 0 fully saturated rings. The van der Waals surface area contributed by atoms with E-state index in [1.165, 1.54) is 12.3 Å². The highest BCUT2D eigenvalue weighted by atomic mass is 19.4. The van der Waals surface area contributed by atoms with Gasteiger partial charge in [0.15, 0.2) is 6.61 Å². The lowest BCUT2D eigenvalue weighted by atomic mass is 10.1. The van der Waals surface area contributed by atoms with Gasteiger partial charge >= 0.3 is 6.18 Å². The highest BCUT2D eigenvalue weighted by Crippen LogP contribution is 2.22. The summed E-state index contributed by atoms with van der Waals surface area (Å²) < 4.78 is 41.2. The summed E-state index contributed by atoms with van der Waals surface area (Å²) in [6, 6.07) is 4.71. The number of nitrogens with zero attached hydrogens (tertiary/aromatic N) is 2. The van der Waals surface area contributed by atoms with Gasteiger partial charge in [-0.05, 0) is 51.8 Å². The van der Waals surface area contributed by atoms with Crippen LogP contribution in [0, 0.1) is 13.8 Å². The zero-order valence-corrected chi connectivity index (χ0v) is 17.2. The van der Waals surface area contributed by atoms with Crippen LogP contribution in [0.25, 0.3) is 0 Å². The summed E-state index contributed by atoms with van der Waals surface area (Å²) in [6.45, 7) is 8.15. The van der Waals surface area contributed by atoms with Gasteiger partial charge in [-0.2, -0.15) is 13.2 Å². The van der Waals surface area contributed by atoms with Gasteiger partial charge in [0.05, 0.1) is 11.9 Å². The van der Waals surface area contributed by atoms with Gasteiger partial charge in [-0.3, -0.25) is 9.78 Å². The van der Waals surface area contributed by atoms with Crippen LogP contribution in [0.3, 0.4) is 0 Å². The molecule has 0 spiro atoms. The Kier molecular flexibility index (Phi) is 8.57. The Bertz CT molecular complexity index is 812. The number of carbonyl (C=O) groups is 1. The molecule has 1 heterocycles. The second kappa shape index (κ2) is 10.2. The Morgan fingerprint density at radius 2 is 1.79 bits per heavy atom. The first-order chi connectivity index (χ1) is 13.2. The van der Waals surface area contributed by atoms with Gasteiger partial charge in [-0.1, -0.05) is 12.1 Å². The van der Waals surface area contributed by atoms with Crippen LogP contribution in [0.2, 0.25) is 0 Å². The van der Waals surface area contributed by atoms with Crippen molar-refractivity contribution in [2.24, 2.45) is 5.73 Å². The molecule has 0 radical (unpaired) electrons. The van der Waals surface area contributed by atoms with Crippen LogP contribution in [-0.2, 0) is 6.54 Å². The minimum Gasteiger partial charge on any atom is -0.484 e. The number of nitrogens with one attached hydrogen (secondary N) is 1. The summed E-state index contributed by atoms with van der Waals surface area (Å²) in [6.07, 6.45) is -1.48. The monoisotopic (exact) mass is 412 g/mol. The summed E-state index contributed by atoms with van der Waals surface area (Å²) in [7, 11) is 0. The molecule has 160 valence electrons. The molecule has 0 saturated heterocycles. The van der Waals surface area contributed by atoms with Crippen molar-refractivity contribution >= 4 is 5.91 Å². The zero-order valence-electron chi connectivity index (χ0n) is 17.2. The van der Waals surface area contributed by atoms with E-state index in [1.54, 1.807) is 32.2 Å². The van der Waals surface area contributed by atoms with Gasteiger partial charge in [0.1, 0.15) is 11.4 Å². The first-order valence-corrected chi connectivity index (χ1v) is 8.89. The molecule has 29 heavy (non-hydrogen) atoms. The van der Waals surface area contributed by atoms with Crippen LogP contribution < -0.4 is 15.8 Å². The third-order valence-corrected chi connectivity index (χ3v) is 3.07. The summed E-state index contributed by atoms with van der Waals surface area (Å²) >= 11 is 0. The summed E-state index contributed by atoms with van der Waals surface area (Å²) in [5.41, 5.74) is 7.48. The molecule has 0 aliphatic heterocycles. The maximum Gasteiger partial charge on any atom is 0.422 e. The van der Waals surface area contributed by atoms with Crippen molar-refractivity contribution < 1.29 is 22.7 Å². The van der Waals surface area contributed by atoms with Gasteiger partial charge in [0.2, 0.25) is 0 Å². The maximum atomic E-state index is 12.2. The SMILES string of the molecule is CC(C)(C)N.Cc1cncc(C(=O)NCc2ccc(OCC(F)(F)F)c(C)c2)n1. The van der Waals surface area contributed by atoms with E-state index < -0.39 is 12.8 Å². The van der Waals surface area contributed by atoms with Crippen LogP contribution in [0.15, 0.2) is 30.6 Å². The van der Waals surface area contributed by atoms with Crippen molar-refractivity contribution in [3.8, 4) is 5.75 Å². The van der Waals surface area contributed by atoms with Crippen LogP contribution in [0.5, 0.6) is 5.75 Å². The summed E-state index contributed by atoms with van der Waals surface area (Å²) in [4.78, 5) is 19.9. The number of hydrogen-bond donors (Lipinski definition) is 2. The lowest BCUT2D eigenvalue weighted by molar-refractivity contribution is -0.153. The molecule has 0 bridgehead atoms. The zero-order chi connectivity index (χ0) is 22.2. The number of benzene rings is 1. The molecule has 2 aromatic rings. The number of ether oxygens (including phenoxy) is 1. The Balaban J connectivity index is 0.000000749. The number of aromatic nitrogens is 2. The number of carbonyl (C=O) groups excluding carboxylic acids is 1. The minimum atomic E-state index is -4.38. The van der Waals surface area contributed by atoms with Crippen LogP contribution >= 0.6 is 0 Å². The van der Waals surface area contributed by atoms with Crippen molar-refractivity contribution in [3.05, 3.63) is 53.1 Å². The number of aryl methyl sites for hydroxylation is 2. The van der Waals surface area contributed by atoms with E-state index in [2.05, 4.69) is 15.3 Å². The fraction of sp³-hybridized carbons (Fsp3) is 0.450. The molecule has 3 N–H and O–H groups in total. The third kappa shape index (κ3) is 11.0. The lowest BCUT2D eigenvalue weighted by Gasteiger charge is -2.12. The quantitative estimate of drug-likeness (QED) is 0.781. The van der Waals surface area contributed by atoms with Crippen molar-refractivity contribution in [1.29, 1.82) is 0 Å². The number of nitrogens with two attached hydrogens (primary N) is 1.